The van der Waals surface area contributed by atoms with Crippen molar-refractivity contribution in [3.63, 3.8) is 0 Å². The number of esters is 1. The van der Waals surface area contributed by atoms with Gasteiger partial charge in [-0.05, 0) is 54.1 Å². The predicted molar refractivity (Wildman–Crippen MR) is 101 cm³/mol. The van der Waals surface area contributed by atoms with Crippen LogP contribution < -0.4 is 10.5 Å². The number of carbonyl (C=O) groups is 1. The van der Waals surface area contributed by atoms with Gasteiger partial charge in [0.25, 0.3) is 0 Å². The van der Waals surface area contributed by atoms with Gasteiger partial charge in [-0.2, -0.15) is 0 Å². The summed E-state index contributed by atoms with van der Waals surface area (Å²) < 4.78 is 11.2. The maximum Gasteiger partial charge on any atom is 0.325 e. The zero-order chi connectivity index (χ0) is 18.6. The first-order chi connectivity index (χ1) is 11.8. The van der Waals surface area contributed by atoms with Gasteiger partial charge >= 0.3 is 5.97 Å². The summed E-state index contributed by atoms with van der Waals surface area (Å²) in [5, 5.41) is 0. The predicted octanol–water partition coefficient (Wildman–Crippen LogP) is 4.58. The lowest BCUT2D eigenvalue weighted by atomic mass is 9.90. The van der Waals surface area contributed by atoms with Gasteiger partial charge in [-0.1, -0.05) is 52.8 Å². The number of hydrogen-bond donors (Lipinski definition) is 1. The minimum absolute atomic E-state index is 0.0846. The Bertz CT molecular complexity index is 579. The lowest BCUT2D eigenvalue weighted by Gasteiger charge is -2.22. The summed E-state index contributed by atoms with van der Waals surface area (Å²) in [6.07, 6.45) is 3.18. The van der Waals surface area contributed by atoms with Gasteiger partial charge in [0.2, 0.25) is 6.79 Å². The van der Waals surface area contributed by atoms with Crippen LogP contribution in [-0.2, 0) is 9.53 Å². The number of rotatable bonds is 9. The molecule has 1 saturated carbocycles. The van der Waals surface area contributed by atoms with Gasteiger partial charge < -0.3 is 15.2 Å². The third-order valence-corrected chi connectivity index (χ3v) is 4.95. The molecule has 2 N–H and O–H groups in total. The number of ether oxygens (including phenoxy) is 2. The number of para-hydroxylation sites is 1. The van der Waals surface area contributed by atoms with E-state index in [0.717, 1.165) is 17.2 Å². The molecule has 1 aliphatic rings. The molecule has 2 rings (SSSR count). The second kappa shape index (κ2) is 8.70. The zero-order valence-corrected chi connectivity index (χ0v) is 16.2. The number of hydrogen-bond acceptors (Lipinski definition) is 4. The molecule has 0 aromatic heterocycles. The van der Waals surface area contributed by atoms with E-state index in [-0.39, 0.29) is 6.79 Å². The summed E-state index contributed by atoms with van der Waals surface area (Å²) in [6.45, 7) is 10.5. The Balaban J connectivity index is 2.05. The molecule has 25 heavy (non-hydrogen) atoms. The van der Waals surface area contributed by atoms with E-state index in [4.69, 9.17) is 15.2 Å². The molecule has 4 nitrogen and oxygen atoms in total. The summed E-state index contributed by atoms with van der Waals surface area (Å²) in [7, 11) is 0. The van der Waals surface area contributed by atoms with E-state index in [1.54, 1.807) is 0 Å². The molecule has 2 atom stereocenters. The average molecular weight is 347 g/mol. The third-order valence-electron chi connectivity index (χ3n) is 4.95. The van der Waals surface area contributed by atoms with Gasteiger partial charge in [-0.3, -0.25) is 4.79 Å². The van der Waals surface area contributed by atoms with Crippen molar-refractivity contribution in [3.05, 3.63) is 29.3 Å². The van der Waals surface area contributed by atoms with Crippen molar-refractivity contribution in [2.75, 3.05) is 6.79 Å². The highest BCUT2D eigenvalue weighted by Crippen LogP contribution is 2.46. The highest BCUT2D eigenvalue weighted by Gasteiger charge is 2.31. The van der Waals surface area contributed by atoms with Crippen LogP contribution in [0.2, 0.25) is 0 Å². The van der Waals surface area contributed by atoms with E-state index in [2.05, 4.69) is 39.0 Å². The largest absolute Gasteiger partial charge is 0.457 e. The minimum Gasteiger partial charge on any atom is -0.457 e. The zero-order valence-electron chi connectivity index (χ0n) is 16.2. The lowest BCUT2D eigenvalue weighted by Crippen LogP contribution is -2.34. The normalized spacial score (nSPS) is 16.8. The summed E-state index contributed by atoms with van der Waals surface area (Å²) in [4.78, 5) is 12.0. The summed E-state index contributed by atoms with van der Waals surface area (Å²) in [6, 6.07) is 5.74. The van der Waals surface area contributed by atoms with Crippen LogP contribution in [0.1, 0.15) is 76.8 Å². The molecule has 1 fully saturated rings. The van der Waals surface area contributed by atoms with Crippen LogP contribution >= 0.6 is 0 Å². The van der Waals surface area contributed by atoms with Crippen LogP contribution in [0.4, 0.5) is 0 Å². The van der Waals surface area contributed by atoms with Crippen molar-refractivity contribution in [2.45, 2.75) is 71.8 Å². The van der Waals surface area contributed by atoms with Crippen LogP contribution in [-0.4, -0.2) is 18.8 Å². The van der Waals surface area contributed by atoms with Crippen molar-refractivity contribution in [2.24, 2.45) is 17.6 Å². The van der Waals surface area contributed by atoms with Gasteiger partial charge in [-0.15, -0.1) is 0 Å². The van der Waals surface area contributed by atoms with Crippen molar-refractivity contribution < 1.29 is 14.3 Å². The quantitative estimate of drug-likeness (QED) is 0.525. The first-order valence-corrected chi connectivity index (χ1v) is 9.49. The Labute approximate surface area is 152 Å². The van der Waals surface area contributed by atoms with E-state index in [9.17, 15) is 4.79 Å². The van der Waals surface area contributed by atoms with E-state index in [0.29, 0.717) is 24.2 Å². The fourth-order valence-corrected chi connectivity index (χ4v) is 3.26. The maximum absolute atomic E-state index is 12.0. The molecule has 0 aliphatic heterocycles. The Hall–Kier alpha value is -1.55. The average Bonchev–Trinajstić information content (AvgIpc) is 3.38. The van der Waals surface area contributed by atoms with Crippen molar-refractivity contribution in [1.82, 2.24) is 0 Å². The standard InChI is InChI=1S/C21H33NO3/c1-13(2)11-19(22)21(23)25-12-24-20-17(14(3)4)7-6-8-18(20)15(5)16-9-10-16/h6-8,13-16,19H,9-12,22H2,1-5H3. The summed E-state index contributed by atoms with van der Waals surface area (Å²) in [5.41, 5.74) is 8.25. The molecule has 0 heterocycles. The highest BCUT2D eigenvalue weighted by atomic mass is 16.7. The summed E-state index contributed by atoms with van der Waals surface area (Å²) >= 11 is 0. The Morgan fingerprint density at radius 3 is 2.36 bits per heavy atom. The fraction of sp³-hybridized carbons (Fsp3) is 0.667. The Morgan fingerprint density at radius 1 is 1.16 bits per heavy atom. The Morgan fingerprint density at radius 2 is 1.80 bits per heavy atom. The van der Waals surface area contributed by atoms with Crippen LogP contribution in [0, 0.1) is 11.8 Å². The molecular formula is C21H33NO3. The second-order valence-corrected chi connectivity index (χ2v) is 8.01. The number of nitrogens with two attached hydrogens (primary N) is 1. The van der Waals surface area contributed by atoms with Crippen LogP contribution in [0.3, 0.4) is 0 Å². The fourth-order valence-electron chi connectivity index (χ4n) is 3.26. The molecule has 4 heteroatoms. The van der Waals surface area contributed by atoms with Gasteiger partial charge in [0.05, 0.1) is 0 Å². The van der Waals surface area contributed by atoms with Gasteiger partial charge in [0.15, 0.2) is 0 Å². The third kappa shape index (κ3) is 5.46. The molecule has 0 saturated heterocycles. The monoisotopic (exact) mass is 347 g/mol. The molecular weight excluding hydrogens is 314 g/mol. The van der Waals surface area contributed by atoms with Crippen LogP contribution in [0.25, 0.3) is 0 Å². The molecule has 2 unspecified atom stereocenters. The van der Waals surface area contributed by atoms with E-state index in [1.807, 2.05) is 13.8 Å². The molecule has 1 aromatic carbocycles. The Kier molecular flexibility index (Phi) is 6.88. The lowest BCUT2D eigenvalue weighted by molar-refractivity contribution is -0.152. The SMILES string of the molecule is CC(C)CC(N)C(=O)OCOc1c(C(C)C)cccc1C(C)C1CC1. The van der Waals surface area contributed by atoms with Gasteiger partial charge in [-0.25, -0.2) is 0 Å². The minimum atomic E-state index is -0.589. The van der Waals surface area contributed by atoms with E-state index >= 15 is 0 Å². The summed E-state index contributed by atoms with van der Waals surface area (Å²) in [5.74, 6) is 2.39. The molecule has 0 amide bonds. The van der Waals surface area contributed by atoms with Crippen LogP contribution in [0.5, 0.6) is 5.75 Å². The molecule has 0 bridgehead atoms. The van der Waals surface area contributed by atoms with Crippen LogP contribution in [0.15, 0.2) is 18.2 Å². The van der Waals surface area contributed by atoms with Crippen molar-refractivity contribution in [1.29, 1.82) is 0 Å². The number of benzene rings is 1. The molecule has 140 valence electrons. The smallest absolute Gasteiger partial charge is 0.325 e. The number of carbonyl (C=O) groups excluding carboxylic acids is 1. The molecule has 0 radical (unpaired) electrons. The first kappa shape index (κ1) is 19.8. The van der Waals surface area contributed by atoms with Gasteiger partial charge in [0.1, 0.15) is 11.8 Å². The maximum atomic E-state index is 12.0. The molecule has 0 spiro atoms. The topological polar surface area (TPSA) is 61.6 Å². The first-order valence-electron chi connectivity index (χ1n) is 9.49. The molecule has 1 aromatic rings. The van der Waals surface area contributed by atoms with E-state index in [1.165, 1.54) is 18.4 Å². The second-order valence-electron chi connectivity index (χ2n) is 8.01. The molecule has 1 aliphatic carbocycles. The highest BCUT2D eigenvalue weighted by molar-refractivity contribution is 5.75. The van der Waals surface area contributed by atoms with Crippen molar-refractivity contribution >= 4 is 5.97 Å². The van der Waals surface area contributed by atoms with E-state index < -0.39 is 12.0 Å². The van der Waals surface area contributed by atoms with Gasteiger partial charge in [0, 0.05) is 0 Å². The van der Waals surface area contributed by atoms with Crippen molar-refractivity contribution in [3.8, 4) is 5.75 Å².